The third-order valence-electron chi connectivity index (χ3n) is 2.53. The van der Waals surface area contributed by atoms with Crippen LogP contribution in [0.15, 0.2) is 11.0 Å². The summed E-state index contributed by atoms with van der Waals surface area (Å²) in [6, 6.07) is 0. The van der Waals surface area contributed by atoms with Crippen molar-refractivity contribution in [2.24, 2.45) is 0 Å². The molecule has 0 fully saturated rings. The lowest BCUT2D eigenvalue weighted by atomic mass is 10.3. The summed E-state index contributed by atoms with van der Waals surface area (Å²) < 4.78 is 19.7. The molecule has 0 unspecified atom stereocenters. The molecule has 0 aliphatic carbocycles. The zero-order valence-corrected chi connectivity index (χ0v) is 10.8. The third-order valence-corrected chi connectivity index (χ3v) is 2.53. The first-order valence-corrected chi connectivity index (χ1v) is 5.79. The Morgan fingerprint density at radius 3 is 2.63 bits per heavy atom. The van der Waals surface area contributed by atoms with Gasteiger partial charge in [-0.2, -0.15) is 4.98 Å². The van der Waals surface area contributed by atoms with Gasteiger partial charge in [0.05, 0.1) is 19.3 Å². The van der Waals surface area contributed by atoms with E-state index in [-0.39, 0.29) is 18.0 Å². The molecular formula is C11H18FN3O4. The highest BCUT2D eigenvalue weighted by Gasteiger charge is 2.24. The van der Waals surface area contributed by atoms with Crippen LogP contribution >= 0.6 is 0 Å². The van der Waals surface area contributed by atoms with Crippen LogP contribution in [0.3, 0.4) is 0 Å². The summed E-state index contributed by atoms with van der Waals surface area (Å²) >= 11 is 0. The molecule has 0 spiro atoms. The Labute approximate surface area is 109 Å². The van der Waals surface area contributed by atoms with Crippen LogP contribution in [0.4, 0.5) is 10.2 Å². The number of anilines is 1. The SMILES string of the molecule is C[C@H](F)[C@@H](O[C@@H](C)CO)n1cc(CO)c(N)nc1=O. The van der Waals surface area contributed by atoms with Crippen molar-refractivity contribution in [3.63, 3.8) is 0 Å². The Morgan fingerprint density at radius 2 is 2.16 bits per heavy atom. The summed E-state index contributed by atoms with van der Waals surface area (Å²) in [4.78, 5) is 15.2. The minimum absolute atomic E-state index is 0.107. The Bertz CT molecular complexity index is 477. The van der Waals surface area contributed by atoms with Crippen LogP contribution < -0.4 is 11.4 Å². The van der Waals surface area contributed by atoms with Crippen LogP contribution in [-0.4, -0.2) is 38.6 Å². The zero-order chi connectivity index (χ0) is 14.6. The number of aliphatic hydroxyl groups is 2. The molecule has 8 heteroatoms. The van der Waals surface area contributed by atoms with Crippen molar-refractivity contribution in [2.45, 2.75) is 39.0 Å². The monoisotopic (exact) mass is 275 g/mol. The molecule has 0 saturated heterocycles. The molecule has 1 heterocycles. The lowest BCUT2D eigenvalue weighted by Gasteiger charge is -2.24. The van der Waals surface area contributed by atoms with Gasteiger partial charge in [-0.15, -0.1) is 0 Å². The number of nitrogens with two attached hydrogens (primary N) is 1. The van der Waals surface area contributed by atoms with Gasteiger partial charge in [0, 0.05) is 11.8 Å². The maximum absolute atomic E-state index is 13.6. The van der Waals surface area contributed by atoms with Crippen LogP contribution in [0, 0.1) is 0 Å². The summed E-state index contributed by atoms with van der Waals surface area (Å²) in [6.45, 7) is 2.02. The van der Waals surface area contributed by atoms with Gasteiger partial charge in [-0.25, -0.2) is 9.18 Å². The van der Waals surface area contributed by atoms with E-state index in [4.69, 9.17) is 20.7 Å². The van der Waals surface area contributed by atoms with Gasteiger partial charge in [-0.1, -0.05) is 0 Å². The molecule has 0 aliphatic heterocycles. The summed E-state index contributed by atoms with van der Waals surface area (Å²) in [5.74, 6) is -0.107. The van der Waals surface area contributed by atoms with Crippen LogP contribution in [0.25, 0.3) is 0 Å². The topological polar surface area (TPSA) is 111 Å². The molecule has 7 nitrogen and oxygen atoms in total. The Balaban J connectivity index is 3.19. The summed E-state index contributed by atoms with van der Waals surface area (Å²) in [5, 5.41) is 18.0. The van der Waals surface area contributed by atoms with Crippen molar-refractivity contribution in [1.82, 2.24) is 9.55 Å². The van der Waals surface area contributed by atoms with E-state index in [0.29, 0.717) is 0 Å². The Hall–Kier alpha value is -1.51. The minimum atomic E-state index is -1.51. The molecule has 4 N–H and O–H groups in total. The second kappa shape index (κ2) is 6.60. The van der Waals surface area contributed by atoms with Gasteiger partial charge in [0.1, 0.15) is 12.0 Å². The first-order valence-electron chi connectivity index (χ1n) is 5.79. The van der Waals surface area contributed by atoms with Crippen molar-refractivity contribution < 1.29 is 19.3 Å². The van der Waals surface area contributed by atoms with Gasteiger partial charge in [-0.05, 0) is 13.8 Å². The highest BCUT2D eigenvalue weighted by Crippen LogP contribution is 2.18. The van der Waals surface area contributed by atoms with Crippen molar-refractivity contribution in [3.05, 3.63) is 22.2 Å². The predicted molar refractivity (Wildman–Crippen MR) is 66.1 cm³/mol. The molecule has 0 aromatic carbocycles. The van der Waals surface area contributed by atoms with Crippen molar-refractivity contribution in [1.29, 1.82) is 0 Å². The highest BCUT2D eigenvalue weighted by atomic mass is 19.1. The fraction of sp³-hybridized carbons (Fsp3) is 0.636. The van der Waals surface area contributed by atoms with E-state index in [1.165, 1.54) is 20.0 Å². The number of rotatable bonds is 6. The maximum atomic E-state index is 13.6. The van der Waals surface area contributed by atoms with Crippen molar-refractivity contribution in [2.75, 3.05) is 12.3 Å². The van der Waals surface area contributed by atoms with Gasteiger partial charge in [0.15, 0.2) is 6.23 Å². The zero-order valence-electron chi connectivity index (χ0n) is 10.8. The van der Waals surface area contributed by atoms with E-state index in [1.807, 2.05) is 0 Å². The molecule has 3 atom stereocenters. The predicted octanol–water partition coefficient (Wildman–Crippen LogP) is -0.428. The number of alkyl halides is 1. The maximum Gasteiger partial charge on any atom is 0.351 e. The number of nitrogens with zero attached hydrogens (tertiary/aromatic N) is 2. The second-order valence-corrected chi connectivity index (χ2v) is 4.20. The number of aliphatic hydroxyl groups excluding tert-OH is 2. The van der Waals surface area contributed by atoms with E-state index in [2.05, 4.69) is 4.98 Å². The van der Waals surface area contributed by atoms with Crippen LogP contribution in [0.1, 0.15) is 25.6 Å². The molecule has 0 radical (unpaired) electrons. The molecule has 108 valence electrons. The molecule has 0 saturated carbocycles. The summed E-state index contributed by atoms with van der Waals surface area (Å²) in [5.41, 5.74) is 4.86. The van der Waals surface area contributed by atoms with E-state index in [9.17, 15) is 9.18 Å². The van der Waals surface area contributed by atoms with Gasteiger partial charge in [-0.3, -0.25) is 4.57 Å². The van der Waals surface area contributed by atoms with Crippen LogP contribution in [0.2, 0.25) is 0 Å². The van der Waals surface area contributed by atoms with E-state index in [0.717, 1.165) is 4.57 Å². The fourth-order valence-electron chi connectivity index (χ4n) is 1.50. The lowest BCUT2D eigenvalue weighted by molar-refractivity contribution is -0.100. The number of aromatic nitrogens is 2. The molecule has 19 heavy (non-hydrogen) atoms. The Morgan fingerprint density at radius 1 is 1.53 bits per heavy atom. The fourth-order valence-corrected chi connectivity index (χ4v) is 1.50. The molecule has 1 rings (SSSR count). The van der Waals surface area contributed by atoms with Gasteiger partial charge < -0.3 is 20.7 Å². The van der Waals surface area contributed by atoms with Crippen molar-refractivity contribution in [3.8, 4) is 0 Å². The summed E-state index contributed by atoms with van der Waals surface area (Å²) in [7, 11) is 0. The number of halogens is 1. The quantitative estimate of drug-likeness (QED) is 0.650. The normalized spacial score (nSPS) is 16.1. The molecular weight excluding hydrogens is 257 g/mol. The first-order chi connectivity index (χ1) is 8.90. The molecule has 0 bridgehead atoms. The van der Waals surface area contributed by atoms with Crippen LogP contribution in [0.5, 0.6) is 0 Å². The second-order valence-electron chi connectivity index (χ2n) is 4.20. The van der Waals surface area contributed by atoms with Crippen LogP contribution in [-0.2, 0) is 11.3 Å². The lowest BCUT2D eigenvalue weighted by Crippen LogP contribution is -2.36. The third kappa shape index (κ3) is 3.72. The highest BCUT2D eigenvalue weighted by molar-refractivity contribution is 5.36. The van der Waals surface area contributed by atoms with Gasteiger partial charge >= 0.3 is 5.69 Å². The van der Waals surface area contributed by atoms with E-state index in [1.54, 1.807) is 0 Å². The average molecular weight is 275 g/mol. The molecule has 0 aliphatic rings. The first kappa shape index (κ1) is 15.5. The Kier molecular flexibility index (Phi) is 5.40. The van der Waals surface area contributed by atoms with E-state index >= 15 is 0 Å². The molecule has 1 aromatic heterocycles. The minimum Gasteiger partial charge on any atom is -0.394 e. The summed E-state index contributed by atoms with van der Waals surface area (Å²) in [6.07, 6.45) is -2.20. The van der Waals surface area contributed by atoms with E-state index < -0.39 is 30.8 Å². The standard InChI is InChI=1S/C11H18FN3O4/c1-6(4-16)19-10(7(2)12)15-3-8(5-17)9(13)14-11(15)18/h3,6-7,10,16-17H,4-5H2,1-2H3,(H2,13,14,18)/t6-,7-,10+/m0/s1. The smallest absolute Gasteiger partial charge is 0.351 e. The number of nitrogen functional groups attached to an aromatic ring is 1. The largest absolute Gasteiger partial charge is 0.394 e. The number of hydrogen-bond acceptors (Lipinski definition) is 6. The number of hydrogen-bond donors (Lipinski definition) is 3. The average Bonchev–Trinajstić information content (AvgIpc) is 2.36. The molecule has 0 amide bonds. The molecule has 1 aromatic rings. The van der Waals surface area contributed by atoms with Crippen molar-refractivity contribution >= 4 is 5.82 Å². The number of ether oxygens (including phenoxy) is 1. The van der Waals surface area contributed by atoms with Gasteiger partial charge in [0.25, 0.3) is 0 Å². The van der Waals surface area contributed by atoms with Gasteiger partial charge in [0.2, 0.25) is 0 Å².